The van der Waals surface area contributed by atoms with Crippen LogP contribution in [0.2, 0.25) is 0 Å². The zero-order valence-electron chi connectivity index (χ0n) is 16.1. The summed E-state index contributed by atoms with van der Waals surface area (Å²) in [5.41, 5.74) is 6.99. The SMILES string of the molecule is N=C(N)N1CC=C(CCNC(=O)CCC(=O)NC(CC(=O)O)c2ccccn2)C1. The Kier molecular flexibility index (Phi) is 8.13. The van der Waals surface area contributed by atoms with Gasteiger partial charge >= 0.3 is 5.97 Å². The average Bonchev–Trinajstić information content (AvgIpc) is 3.15. The van der Waals surface area contributed by atoms with Gasteiger partial charge in [-0.2, -0.15) is 0 Å². The van der Waals surface area contributed by atoms with Gasteiger partial charge in [0.15, 0.2) is 5.96 Å². The zero-order valence-corrected chi connectivity index (χ0v) is 16.1. The number of aromatic nitrogens is 1. The van der Waals surface area contributed by atoms with E-state index in [1.165, 1.54) is 6.20 Å². The fraction of sp³-hybridized carbons (Fsp3) is 0.421. The Hall–Kier alpha value is -3.43. The van der Waals surface area contributed by atoms with E-state index < -0.39 is 17.9 Å². The maximum atomic E-state index is 12.1. The van der Waals surface area contributed by atoms with Crippen molar-refractivity contribution in [2.75, 3.05) is 19.6 Å². The molecule has 1 aliphatic rings. The molecular formula is C19H26N6O4. The first kappa shape index (κ1) is 21.9. The summed E-state index contributed by atoms with van der Waals surface area (Å²) >= 11 is 0. The highest BCUT2D eigenvalue weighted by molar-refractivity contribution is 5.84. The molecule has 1 aromatic heterocycles. The van der Waals surface area contributed by atoms with Crippen LogP contribution in [0, 0.1) is 5.41 Å². The molecule has 1 unspecified atom stereocenters. The number of pyridine rings is 1. The molecule has 1 aliphatic heterocycles. The molecule has 0 saturated heterocycles. The summed E-state index contributed by atoms with van der Waals surface area (Å²) in [6.45, 7) is 1.63. The highest BCUT2D eigenvalue weighted by Crippen LogP contribution is 2.14. The van der Waals surface area contributed by atoms with Crippen LogP contribution >= 0.6 is 0 Å². The number of nitrogens with two attached hydrogens (primary N) is 1. The molecule has 29 heavy (non-hydrogen) atoms. The summed E-state index contributed by atoms with van der Waals surface area (Å²) in [7, 11) is 0. The second-order valence-electron chi connectivity index (χ2n) is 6.70. The van der Waals surface area contributed by atoms with Crippen molar-refractivity contribution in [3.8, 4) is 0 Å². The predicted octanol–water partition coefficient (Wildman–Crippen LogP) is 0.136. The Morgan fingerprint density at radius 2 is 2.03 bits per heavy atom. The number of rotatable bonds is 10. The Balaban J connectivity index is 1.70. The van der Waals surface area contributed by atoms with E-state index in [1.807, 2.05) is 6.08 Å². The fourth-order valence-corrected chi connectivity index (χ4v) is 2.91. The van der Waals surface area contributed by atoms with Crippen LogP contribution in [0.5, 0.6) is 0 Å². The second kappa shape index (κ2) is 10.8. The largest absolute Gasteiger partial charge is 0.481 e. The number of carboxylic acids is 1. The molecule has 10 heteroatoms. The van der Waals surface area contributed by atoms with Gasteiger partial charge in [0.25, 0.3) is 0 Å². The normalized spacial score (nSPS) is 14.1. The van der Waals surface area contributed by atoms with E-state index >= 15 is 0 Å². The molecule has 6 N–H and O–H groups in total. The van der Waals surface area contributed by atoms with Crippen LogP contribution in [-0.2, 0) is 14.4 Å². The second-order valence-corrected chi connectivity index (χ2v) is 6.70. The van der Waals surface area contributed by atoms with Gasteiger partial charge in [0.1, 0.15) is 0 Å². The molecule has 0 spiro atoms. The lowest BCUT2D eigenvalue weighted by atomic mass is 10.1. The molecule has 0 bridgehead atoms. The number of carbonyl (C=O) groups excluding carboxylic acids is 2. The van der Waals surface area contributed by atoms with Crippen LogP contribution in [0.4, 0.5) is 0 Å². The van der Waals surface area contributed by atoms with Crippen LogP contribution in [0.15, 0.2) is 36.0 Å². The Bertz CT molecular complexity index is 780. The van der Waals surface area contributed by atoms with Crippen molar-refractivity contribution < 1.29 is 19.5 Å². The third-order valence-corrected chi connectivity index (χ3v) is 4.44. The lowest BCUT2D eigenvalue weighted by Gasteiger charge is -2.16. The van der Waals surface area contributed by atoms with Crippen molar-refractivity contribution >= 4 is 23.7 Å². The van der Waals surface area contributed by atoms with Crippen molar-refractivity contribution in [3.05, 3.63) is 41.7 Å². The monoisotopic (exact) mass is 402 g/mol. The van der Waals surface area contributed by atoms with Gasteiger partial charge in [-0.15, -0.1) is 0 Å². The van der Waals surface area contributed by atoms with Crippen molar-refractivity contribution in [1.82, 2.24) is 20.5 Å². The molecule has 0 radical (unpaired) electrons. The van der Waals surface area contributed by atoms with Gasteiger partial charge in [-0.3, -0.25) is 24.8 Å². The fourth-order valence-electron chi connectivity index (χ4n) is 2.91. The number of nitrogens with one attached hydrogen (secondary N) is 3. The van der Waals surface area contributed by atoms with Crippen LogP contribution in [0.1, 0.15) is 37.4 Å². The van der Waals surface area contributed by atoms with Crippen LogP contribution in [0.25, 0.3) is 0 Å². The lowest BCUT2D eigenvalue weighted by molar-refractivity contribution is -0.138. The van der Waals surface area contributed by atoms with Crippen LogP contribution in [-0.4, -0.2) is 58.4 Å². The number of aliphatic carboxylic acids is 1. The Morgan fingerprint density at radius 3 is 2.66 bits per heavy atom. The summed E-state index contributed by atoms with van der Waals surface area (Å²) in [6.07, 6.45) is 3.84. The minimum Gasteiger partial charge on any atom is -0.481 e. The van der Waals surface area contributed by atoms with Crippen LogP contribution in [0.3, 0.4) is 0 Å². The molecule has 10 nitrogen and oxygen atoms in total. The molecule has 1 aromatic rings. The summed E-state index contributed by atoms with van der Waals surface area (Å²) in [5, 5.41) is 21.8. The molecular weight excluding hydrogens is 376 g/mol. The third kappa shape index (κ3) is 7.60. The molecule has 0 fully saturated rings. The number of carbonyl (C=O) groups is 3. The predicted molar refractivity (Wildman–Crippen MR) is 106 cm³/mol. The maximum absolute atomic E-state index is 12.1. The number of amides is 2. The molecule has 0 saturated carbocycles. The van der Waals surface area contributed by atoms with Crippen molar-refractivity contribution in [2.45, 2.75) is 31.7 Å². The van der Waals surface area contributed by atoms with Crippen molar-refractivity contribution in [3.63, 3.8) is 0 Å². The number of guanidine groups is 1. The molecule has 2 amide bonds. The number of nitrogens with zero attached hydrogens (tertiary/aromatic N) is 2. The van der Waals surface area contributed by atoms with Crippen molar-refractivity contribution in [2.24, 2.45) is 5.73 Å². The summed E-state index contributed by atoms with van der Waals surface area (Å²) in [6, 6.07) is 4.31. The summed E-state index contributed by atoms with van der Waals surface area (Å²) in [5.74, 6) is -1.69. The van der Waals surface area contributed by atoms with Gasteiger partial charge in [-0.05, 0) is 18.6 Å². The van der Waals surface area contributed by atoms with Crippen molar-refractivity contribution in [1.29, 1.82) is 5.41 Å². The molecule has 0 aliphatic carbocycles. The Labute approximate surface area is 168 Å². The number of carboxylic acid groups (broad SMARTS) is 1. The molecule has 2 heterocycles. The molecule has 2 rings (SSSR count). The quantitative estimate of drug-likeness (QED) is 0.211. The molecule has 1 atom stereocenters. The van der Waals surface area contributed by atoms with E-state index in [0.717, 1.165) is 5.57 Å². The average molecular weight is 402 g/mol. The van der Waals surface area contributed by atoms with E-state index in [4.69, 9.17) is 16.2 Å². The number of hydrogen-bond donors (Lipinski definition) is 5. The van der Waals surface area contributed by atoms with Gasteiger partial charge in [-0.1, -0.05) is 17.7 Å². The highest BCUT2D eigenvalue weighted by Gasteiger charge is 2.19. The minimum atomic E-state index is -1.05. The molecule has 0 aromatic carbocycles. The standard InChI is InChI=1S/C19H26N6O4/c20-19(21)25-10-7-13(12-25)6-9-23-16(26)4-5-17(27)24-15(11-18(28)29)14-3-1-2-8-22-14/h1-3,7-8,15H,4-6,9-12H2,(H3,20,21)(H,23,26)(H,24,27)(H,28,29). The first-order chi connectivity index (χ1) is 13.8. The van der Waals surface area contributed by atoms with E-state index in [-0.39, 0.29) is 31.1 Å². The van der Waals surface area contributed by atoms with E-state index in [2.05, 4.69) is 15.6 Å². The van der Waals surface area contributed by atoms with Gasteiger partial charge in [0.05, 0.1) is 18.2 Å². The van der Waals surface area contributed by atoms with E-state index in [0.29, 0.717) is 31.7 Å². The number of hydrogen-bond acceptors (Lipinski definition) is 5. The van der Waals surface area contributed by atoms with Crippen LogP contribution < -0.4 is 16.4 Å². The van der Waals surface area contributed by atoms with Gasteiger partial charge in [0.2, 0.25) is 11.8 Å². The minimum absolute atomic E-state index is 0.00641. The third-order valence-electron chi connectivity index (χ3n) is 4.44. The zero-order chi connectivity index (χ0) is 21.2. The Morgan fingerprint density at radius 1 is 1.28 bits per heavy atom. The van der Waals surface area contributed by atoms with Gasteiger partial charge in [-0.25, -0.2) is 0 Å². The van der Waals surface area contributed by atoms with Gasteiger partial charge < -0.3 is 26.4 Å². The highest BCUT2D eigenvalue weighted by atomic mass is 16.4. The summed E-state index contributed by atoms with van der Waals surface area (Å²) < 4.78 is 0. The first-order valence-electron chi connectivity index (χ1n) is 9.31. The maximum Gasteiger partial charge on any atom is 0.305 e. The lowest BCUT2D eigenvalue weighted by Crippen LogP contribution is -2.35. The van der Waals surface area contributed by atoms with E-state index in [1.54, 1.807) is 23.1 Å². The first-order valence-corrected chi connectivity index (χ1v) is 9.31. The molecule has 156 valence electrons. The summed E-state index contributed by atoms with van der Waals surface area (Å²) in [4.78, 5) is 40.9. The topological polar surface area (TPSA) is 162 Å². The van der Waals surface area contributed by atoms with E-state index in [9.17, 15) is 14.4 Å². The smallest absolute Gasteiger partial charge is 0.305 e. The van der Waals surface area contributed by atoms with Gasteiger partial charge in [0, 0.05) is 38.7 Å².